The van der Waals surface area contributed by atoms with Gasteiger partial charge in [-0.2, -0.15) is 5.43 Å². The fraction of sp³-hybridized carbons (Fsp3) is 0.540. The smallest absolute Gasteiger partial charge is 0.355 e. The summed E-state index contributed by atoms with van der Waals surface area (Å²) in [5.41, 5.74) is 5.08. The first-order chi connectivity index (χ1) is 31.7. The van der Waals surface area contributed by atoms with Gasteiger partial charge in [-0.25, -0.2) is 4.79 Å². The number of carbonyl (C=O) groups is 5. The highest BCUT2D eigenvalue weighted by Crippen LogP contribution is 2.41. The number of hydrogen-bond acceptors (Lipinski definition) is 12. The number of hydrogen-bond donors (Lipinski definition) is 5. The highest BCUT2D eigenvalue weighted by Gasteiger charge is 2.49. The van der Waals surface area contributed by atoms with Crippen molar-refractivity contribution in [3.8, 4) is 16.9 Å². The second-order valence-corrected chi connectivity index (χ2v) is 19.6. The predicted molar refractivity (Wildman–Crippen MR) is 250 cm³/mol. The summed E-state index contributed by atoms with van der Waals surface area (Å²) >= 11 is 0. The normalized spacial score (nSPS) is 24.1. The molecule has 5 heterocycles. The Balaban J connectivity index is 1.32. The molecule has 0 saturated carbocycles. The number of esters is 1. The van der Waals surface area contributed by atoms with Crippen molar-refractivity contribution in [2.45, 2.75) is 103 Å². The molecule has 4 amide bonds. The topological polar surface area (TPSA) is 212 Å². The number of likely N-dealkylation sites (N-methyl/N-ethyl adjacent to an activating group) is 1. The van der Waals surface area contributed by atoms with E-state index in [1.807, 2.05) is 26.0 Å². The molecular formula is C50H66N6O11. The van der Waals surface area contributed by atoms with Crippen molar-refractivity contribution in [2.75, 3.05) is 60.2 Å². The van der Waals surface area contributed by atoms with E-state index in [1.54, 1.807) is 27.0 Å². The number of β-amino-alcohol motifs (C(OH)–C–C–N with tert-alkyl or cyclic N) is 1. The minimum absolute atomic E-state index is 0.0464. The average Bonchev–Trinajstić information content (AvgIpc) is 3.84. The second-order valence-electron chi connectivity index (χ2n) is 19.6. The van der Waals surface area contributed by atoms with Crippen LogP contribution in [-0.2, 0) is 57.6 Å². The number of rotatable bonds is 10. The van der Waals surface area contributed by atoms with Crippen LogP contribution in [0.25, 0.3) is 27.6 Å². The Morgan fingerprint density at radius 3 is 2.55 bits per heavy atom. The van der Waals surface area contributed by atoms with Crippen molar-refractivity contribution in [3.05, 3.63) is 71.4 Å². The van der Waals surface area contributed by atoms with Crippen molar-refractivity contribution in [3.63, 3.8) is 0 Å². The van der Waals surface area contributed by atoms with Gasteiger partial charge in [0.05, 0.1) is 33.0 Å². The maximum Gasteiger partial charge on any atom is 0.355 e. The van der Waals surface area contributed by atoms with Gasteiger partial charge >= 0.3 is 5.97 Å². The number of aromatic hydroxyl groups is 1. The highest BCUT2D eigenvalue weighted by molar-refractivity contribution is 5.96. The number of hydrazine groups is 1. The number of likely N-dealkylation sites (tertiary alicyclic amines) is 1. The SMILES string of the molecule is C=CC(=O)N1CCC(O)(C(=O)N(C)[C@H](C(=O)N[C@H]2Cc3cc(O)cc(c3)-c3ccc4c(c3)c(c(C3=C(COC)COCC3)n4CC)CC(C)(C)COC(=O)[C@@]3(O)CCCN(N3)C2=O)C(C)C)C1. The fourth-order valence-corrected chi connectivity index (χ4v) is 10.2. The summed E-state index contributed by atoms with van der Waals surface area (Å²) in [5.74, 6) is -4.13. The molecule has 1 unspecified atom stereocenters. The number of amides is 4. The van der Waals surface area contributed by atoms with E-state index in [9.17, 15) is 39.3 Å². The molecule has 17 nitrogen and oxygen atoms in total. The minimum atomic E-state index is -2.28. The van der Waals surface area contributed by atoms with E-state index in [4.69, 9.17) is 14.2 Å². The molecule has 0 spiro atoms. The summed E-state index contributed by atoms with van der Waals surface area (Å²) in [4.78, 5) is 72.0. The van der Waals surface area contributed by atoms with E-state index in [2.05, 4.69) is 40.9 Å². The second kappa shape index (κ2) is 19.6. The molecule has 4 aliphatic heterocycles. The Labute approximate surface area is 391 Å². The van der Waals surface area contributed by atoms with E-state index in [1.165, 1.54) is 18.0 Å². The summed E-state index contributed by atoms with van der Waals surface area (Å²) in [6.45, 7) is 15.0. The van der Waals surface area contributed by atoms with Crippen LogP contribution in [0.15, 0.2) is 54.6 Å². The summed E-state index contributed by atoms with van der Waals surface area (Å²) in [6.07, 6.45) is 2.24. The van der Waals surface area contributed by atoms with Crippen LogP contribution in [0, 0.1) is 11.3 Å². The summed E-state index contributed by atoms with van der Waals surface area (Å²) in [5, 5.41) is 39.6. The van der Waals surface area contributed by atoms with Gasteiger partial charge in [-0.1, -0.05) is 46.4 Å². The van der Waals surface area contributed by atoms with Crippen molar-refractivity contribution < 1.29 is 53.5 Å². The number of fused-ring (bicyclic) bond motifs is 6. The van der Waals surface area contributed by atoms with Crippen LogP contribution in [0.2, 0.25) is 0 Å². The Bertz CT molecular complexity index is 2480. The van der Waals surface area contributed by atoms with Crippen molar-refractivity contribution in [1.29, 1.82) is 0 Å². The number of carbonyl (C=O) groups excluding carboxylic acids is 5. The molecule has 6 bridgehead atoms. The Morgan fingerprint density at radius 2 is 1.85 bits per heavy atom. The van der Waals surface area contributed by atoms with Crippen LogP contribution in [0.1, 0.15) is 77.1 Å². The lowest BCUT2D eigenvalue weighted by molar-refractivity contribution is -0.189. The van der Waals surface area contributed by atoms with Crippen LogP contribution >= 0.6 is 0 Å². The molecule has 0 radical (unpaired) electrons. The number of methoxy groups -OCH3 is 1. The number of benzene rings is 2. The largest absolute Gasteiger partial charge is 0.508 e. The van der Waals surface area contributed by atoms with E-state index in [0.717, 1.165) is 54.9 Å². The minimum Gasteiger partial charge on any atom is -0.508 e. The first-order valence-electron chi connectivity index (χ1n) is 23.2. The van der Waals surface area contributed by atoms with E-state index in [-0.39, 0.29) is 57.7 Å². The van der Waals surface area contributed by atoms with Gasteiger partial charge in [0, 0.05) is 75.1 Å². The van der Waals surface area contributed by atoms with Gasteiger partial charge in [0.2, 0.25) is 17.5 Å². The highest BCUT2D eigenvalue weighted by atomic mass is 16.6. The van der Waals surface area contributed by atoms with E-state index >= 15 is 0 Å². The molecule has 3 aromatic rings. The lowest BCUT2D eigenvalue weighted by atomic mass is 9.83. The van der Waals surface area contributed by atoms with Crippen LogP contribution in [0.3, 0.4) is 0 Å². The van der Waals surface area contributed by atoms with Gasteiger partial charge in [-0.3, -0.25) is 24.2 Å². The summed E-state index contributed by atoms with van der Waals surface area (Å²) < 4.78 is 19.8. The lowest BCUT2D eigenvalue weighted by Gasteiger charge is -2.40. The molecule has 2 fully saturated rings. The maximum absolute atomic E-state index is 14.7. The number of cyclic esters (lactones) is 1. The predicted octanol–water partition coefficient (Wildman–Crippen LogP) is 3.45. The molecule has 4 atom stereocenters. The molecule has 2 aromatic carbocycles. The summed E-state index contributed by atoms with van der Waals surface area (Å²) in [7, 11) is 3.06. The van der Waals surface area contributed by atoms with Gasteiger partial charge in [-0.15, -0.1) is 0 Å². The Kier molecular flexibility index (Phi) is 14.4. The van der Waals surface area contributed by atoms with Crippen LogP contribution in [0.5, 0.6) is 5.75 Å². The van der Waals surface area contributed by atoms with Crippen molar-refractivity contribution >= 4 is 46.1 Å². The number of aromatic nitrogens is 1. The molecule has 4 aliphatic rings. The number of nitrogens with one attached hydrogen (secondary N) is 2. The third kappa shape index (κ3) is 10.0. The molecule has 0 aliphatic carbocycles. The zero-order valence-corrected chi connectivity index (χ0v) is 39.8. The van der Waals surface area contributed by atoms with E-state index < -0.39 is 64.3 Å². The van der Waals surface area contributed by atoms with Crippen molar-refractivity contribution in [1.82, 2.24) is 30.1 Å². The van der Waals surface area contributed by atoms with Gasteiger partial charge in [-0.05, 0) is 95.8 Å². The third-order valence-electron chi connectivity index (χ3n) is 13.5. The standard InChI is InChI=1S/C50H66N6O11/c1-9-41(58)54-18-16-49(63,28-54)46(61)53(7)42(30(3)4)44(59)51-39-22-31-20-33(23-35(57)21-31)32-12-13-40-37(24-32)38(43(55(40)10-2)36-14-19-66-27-34(36)26-65-8)25-48(5,6)29-67-47(62)50(64)15-11-17-56(52-50)45(39)60/h9,12-13,20-21,23-24,30,39,42,52,57,63-64H,1,10-11,14-19,22,25-29H2,2-8H3,(H,51,59)/t39-,42-,49?,50-/m0/s1. The number of aliphatic hydroxyl groups is 2. The first kappa shape index (κ1) is 49.3. The fourth-order valence-electron chi connectivity index (χ4n) is 10.2. The number of nitrogens with zero attached hydrogens (tertiary/aromatic N) is 4. The van der Waals surface area contributed by atoms with E-state index in [0.29, 0.717) is 50.3 Å². The lowest BCUT2D eigenvalue weighted by Crippen LogP contribution is -2.67. The zero-order chi connectivity index (χ0) is 48.6. The van der Waals surface area contributed by atoms with Crippen LogP contribution in [-0.4, -0.2) is 148 Å². The van der Waals surface area contributed by atoms with Gasteiger partial charge in [0.25, 0.3) is 11.8 Å². The number of ether oxygens (including phenoxy) is 3. The Morgan fingerprint density at radius 1 is 1.09 bits per heavy atom. The molecule has 67 heavy (non-hydrogen) atoms. The average molecular weight is 927 g/mol. The van der Waals surface area contributed by atoms with Crippen molar-refractivity contribution in [2.24, 2.45) is 11.3 Å². The monoisotopic (exact) mass is 926 g/mol. The molecule has 2 saturated heterocycles. The summed E-state index contributed by atoms with van der Waals surface area (Å²) in [6, 6.07) is 8.64. The van der Waals surface area contributed by atoms with Gasteiger partial charge in [0.1, 0.15) is 17.8 Å². The first-order valence-corrected chi connectivity index (χ1v) is 23.2. The molecule has 362 valence electrons. The number of phenols is 1. The van der Waals surface area contributed by atoms with Crippen LogP contribution in [0.4, 0.5) is 0 Å². The molecule has 7 rings (SSSR count). The molecular weight excluding hydrogens is 861 g/mol. The Hall–Kier alpha value is -5.59. The maximum atomic E-state index is 14.7. The molecule has 1 aromatic heterocycles. The number of aryl methyl sites for hydroxylation is 1. The van der Waals surface area contributed by atoms with Gasteiger partial charge in [0.15, 0.2) is 5.60 Å². The molecule has 5 N–H and O–H groups in total. The zero-order valence-electron chi connectivity index (χ0n) is 39.8. The third-order valence-corrected chi connectivity index (χ3v) is 13.5. The quantitative estimate of drug-likeness (QED) is 0.146. The molecule has 17 heteroatoms. The number of phenolic OH excluding ortho intramolecular Hbond substituents is 1. The van der Waals surface area contributed by atoms with Crippen LogP contribution < -0.4 is 10.7 Å². The van der Waals surface area contributed by atoms with Gasteiger partial charge < -0.3 is 49.2 Å².